The molecule has 0 unspecified atom stereocenters. The van der Waals surface area contributed by atoms with Crippen LogP contribution in [0.2, 0.25) is 0 Å². The maximum atomic E-state index is 14.8. The van der Waals surface area contributed by atoms with Crippen LogP contribution in [-0.4, -0.2) is 45.9 Å². The van der Waals surface area contributed by atoms with E-state index in [0.29, 0.717) is 5.69 Å². The van der Waals surface area contributed by atoms with Gasteiger partial charge < -0.3 is 15.2 Å². The predicted molar refractivity (Wildman–Crippen MR) is 108 cm³/mol. The van der Waals surface area contributed by atoms with Gasteiger partial charge in [-0.3, -0.25) is 10.3 Å². The molecule has 0 aliphatic carbocycles. The van der Waals surface area contributed by atoms with Crippen LogP contribution in [-0.2, 0) is 10.3 Å². The zero-order valence-electron chi connectivity index (χ0n) is 16.5. The number of anilines is 1. The fraction of sp³-hybridized carbons (Fsp3) is 0.368. The lowest BCUT2D eigenvalue weighted by Gasteiger charge is -2.36. The number of aliphatic imine (C=N–C) groups is 1. The van der Waals surface area contributed by atoms with Gasteiger partial charge in [-0.2, -0.15) is 13.2 Å². The van der Waals surface area contributed by atoms with Gasteiger partial charge in [0.25, 0.3) is 0 Å². The SMILES string of the molecule is Cc1cnc(OC(=O)Nc2ccc(F)c([C@]34CO[C@H](C(F)(F)F)[C@H]3CSC(N)=N4)c2)cn1. The third-order valence-electron chi connectivity index (χ3n) is 5.14. The molecule has 170 valence electrons. The number of carbonyl (C=O) groups is 1. The number of nitrogens with zero attached hydrogens (tertiary/aromatic N) is 3. The maximum Gasteiger partial charge on any atom is 0.418 e. The highest BCUT2D eigenvalue weighted by molar-refractivity contribution is 8.13. The van der Waals surface area contributed by atoms with Crippen molar-refractivity contribution in [2.45, 2.75) is 24.7 Å². The summed E-state index contributed by atoms with van der Waals surface area (Å²) in [5.74, 6) is -2.11. The normalized spacial score (nSPS) is 25.1. The Labute approximate surface area is 183 Å². The molecule has 2 aliphatic heterocycles. The lowest BCUT2D eigenvalue weighted by molar-refractivity contribution is -0.215. The van der Waals surface area contributed by atoms with Crippen LogP contribution in [0.1, 0.15) is 11.3 Å². The van der Waals surface area contributed by atoms with Gasteiger partial charge in [0, 0.05) is 22.9 Å². The van der Waals surface area contributed by atoms with E-state index >= 15 is 0 Å². The van der Waals surface area contributed by atoms with Crippen molar-refractivity contribution in [2.24, 2.45) is 16.6 Å². The van der Waals surface area contributed by atoms with Crippen LogP contribution >= 0.6 is 11.8 Å². The minimum Gasteiger partial charge on any atom is -0.389 e. The van der Waals surface area contributed by atoms with Crippen LogP contribution in [0.3, 0.4) is 0 Å². The zero-order valence-corrected chi connectivity index (χ0v) is 17.3. The Kier molecular flexibility index (Phi) is 5.71. The van der Waals surface area contributed by atoms with Gasteiger partial charge in [-0.25, -0.2) is 19.2 Å². The molecule has 8 nitrogen and oxygen atoms in total. The summed E-state index contributed by atoms with van der Waals surface area (Å²) < 4.78 is 65.4. The molecule has 0 saturated carbocycles. The number of benzene rings is 1. The summed E-state index contributed by atoms with van der Waals surface area (Å²) in [7, 11) is 0. The third kappa shape index (κ3) is 4.21. The second-order valence-electron chi connectivity index (χ2n) is 7.27. The molecule has 3 N–H and O–H groups in total. The topological polar surface area (TPSA) is 112 Å². The number of thioether (sulfide) groups is 1. The molecule has 1 fully saturated rings. The van der Waals surface area contributed by atoms with Gasteiger partial charge in [-0.1, -0.05) is 11.8 Å². The van der Waals surface area contributed by atoms with Crippen molar-refractivity contribution < 1.29 is 31.8 Å². The number of amidine groups is 1. The van der Waals surface area contributed by atoms with E-state index < -0.39 is 42.3 Å². The highest BCUT2D eigenvalue weighted by Crippen LogP contribution is 2.52. The van der Waals surface area contributed by atoms with E-state index in [2.05, 4.69) is 20.3 Å². The summed E-state index contributed by atoms with van der Waals surface area (Å²) in [5, 5.41) is 2.43. The predicted octanol–water partition coefficient (Wildman–Crippen LogP) is 3.37. The summed E-state index contributed by atoms with van der Waals surface area (Å²) in [4.78, 5) is 24.2. The van der Waals surface area contributed by atoms with E-state index in [4.69, 9.17) is 15.2 Å². The van der Waals surface area contributed by atoms with E-state index in [9.17, 15) is 22.4 Å². The number of carbonyl (C=O) groups excluding carboxylic acids is 1. The zero-order chi connectivity index (χ0) is 23.1. The van der Waals surface area contributed by atoms with Crippen molar-refractivity contribution in [1.29, 1.82) is 0 Å². The first-order valence-electron chi connectivity index (χ1n) is 9.32. The molecule has 1 saturated heterocycles. The summed E-state index contributed by atoms with van der Waals surface area (Å²) in [6, 6.07) is 3.48. The van der Waals surface area contributed by atoms with Gasteiger partial charge in [0.1, 0.15) is 11.4 Å². The molecule has 2 aromatic rings. The molecular weight excluding hydrogens is 454 g/mol. The van der Waals surface area contributed by atoms with Crippen LogP contribution < -0.4 is 15.8 Å². The molecule has 1 aromatic heterocycles. The van der Waals surface area contributed by atoms with Crippen molar-refractivity contribution in [1.82, 2.24) is 9.97 Å². The molecule has 0 radical (unpaired) electrons. The average Bonchev–Trinajstić information content (AvgIpc) is 3.11. The Morgan fingerprint density at radius 3 is 2.81 bits per heavy atom. The molecule has 1 aromatic carbocycles. The van der Waals surface area contributed by atoms with E-state index in [1.54, 1.807) is 6.92 Å². The Morgan fingerprint density at radius 2 is 2.12 bits per heavy atom. The minimum atomic E-state index is -4.65. The second-order valence-corrected chi connectivity index (χ2v) is 8.31. The number of nitrogens with two attached hydrogens (primary N) is 1. The van der Waals surface area contributed by atoms with Gasteiger partial charge in [0.2, 0.25) is 5.88 Å². The Balaban J connectivity index is 1.63. The Hall–Kier alpha value is -2.93. The average molecular weight is 471 g/mol. The summed E-state index contributed by atoms with van der Waals surface area (Å²) in [6.45, 7) is 1.20. The molecule has 13 heteroatoms. The van der Waals surface area contributed by atoms with Gasteiger partial charge in [0.15, 0.2) is 11.3 Å². The van der Waals surface area contributed by atoms with Crippen molar-refractivity contribution in [3.05, 3.63) is 47.7 Å². The number of hydrogen-bond donors (Lipinski definition) is 2. The highest BCUT2D eigenvalue weighted by Gasteiger charge is 2.62. The Morgan fingerprint density at radius 1 is 1.34 bits per heavy atom. The highest BCUT2D eigenvalue weighted by atomic mass is 32.2. The second kappa shape index (κ2) is 8.20. The van der Waals surface area contributed by atoms with Gasteiger partial charge >= 0.3 is 12.3 Å². The molecule has 1 amide bonds. The number of amides is 1. The van der Waals surface area contributed by atoms with Crippen LogP contribution in [0, 0.1) is 18.7 Å². The third-order valence-corrected chi connectivity index (χ3v) is 6.05. The van der Waals surface area contributed by atoms with Gasteiger partial charge in [-0.15, -0.1) is 0 Å². The first-order chi connectivity index (χ1) is 15.1. The van der Waals surface area contributed by atoms with Crippen LogP contribution in [0.4, 0.5) is 28.0 Å². The first-order valence-corrected chi connectivity index (χ1v) is 10.3. The largest absolute Gasteiger partial charge is 0.418 e. The van der Waals surface area contributed by atoms with Crippen LogP contribution in [0.15, 0.2) is 35.6 Å². The standard InChI is InChI=1S/C19H17F4N5O3S/c1-9-5-26-14(6-25-9)31-17(29)27-10-2-3-13(20)11(4-10)18-8-30-15(19(21,22)23)12(18)7-32-16(24)28-18/h2-6,12,15H,7-8H2,1H3,(H2,24,28)(H,27,29)/t12-,15+,18-/m1/s1. The maximum absolute atomic E-state index is 14.8. The molecule has 2 aliphatic rings. The molecule has 3 heterocycles. The summed E-state index contributed by atoms with van der Waals surface area (Å²) >= 11 is 0.953. The molecule has 3 atom stereocenters. The van der Waals surface area contributed by atoms with E-state index in [0.717, 1.165) is 17.8 Å². The van der Waals surface area contributed by atoms with Crippen molar-refractivity contribution in [3.63, 3.8) is 0 Å². The fourth-order valence-electron chi connectivity index (χ4n) is 3.70. The molecule has 4 rings (SSSR count). The molecule has 0 bridgehead atoms. The number of alkyl halides is 3. The molecule has 0 spiro atoms. The van der Waals surface area contributed by atoms with E-state index in [1.165, 1.54) is 24.5 Å². The number of aromatic nitrogens is 2. The quantitative estimate of drug-likeness (QED) is 0.660. The lowest BCUT2D eigenvalue weighted by Crippen LogP contribution is -2.46. The van der Waals surface area contributed by atoms with E-state index in [1.807, 2.05) is 0 Å². The van der Waals surface area contributed by atoms with Crippen molar-refractivity contribution in [3.8, 4) is 5.88 Å². The Bertz CT molecular complexity index is 1070. The number of halogens is 4. The summed E-state index contributed by atoms with van der Waals surface area (Å²) in [5.41, 5.74) is 4.65. The van der Waals surface area contributed by atoms with Crippen LogP contribution in [0.25, 0.3) is 0 Å². The smallest absolute Gasteiger partial charge is 0.389 e. The van der Waals surface area contributed by atoms with Gasteiger partial charge in [0.05, 0.1) is 24.7 Å². The van der Waals surface area contributed by atoms with E-state index in [-0.39, 0.29) is 28.1 Å². The number of aryl methyl sites for hydroxylation is 1. The number of hydrogen-bond acceptors (Lipinski definition) is 8. The van der Waals surface area contributed by atoms with Crippen molar-refractivity contribution in [2.75, 3.05) is 17.7 Å². The van der Waals surface area contributed by atoms with Gasteiger partial charge in [-0.05, 0) is 25.1 Å². The lowest BCUT2D eigenvalue weighted by atomic mass is 9.78. The molecule has 32 heavy (non-hydrogen) atoms. The monoisotopic (exact) mass is 471 g/mol. The van der Waals surface area contributed by atoms with Crippen molar-refractivity contribution >= 4 is 28.7 Å². The first kappa shape index (κ1) is 22.3. The fourth-order valence-corrected chi connectivity index (χ4v) is 4.73. The number of nitrogens with one attached hydrogen (secondary N) is 1. The van der Waals surface area contributed by atoms with Crippen LogP contribution in [0.5, 0.6) is 5.88 Å². The number of fused-ring (bicyclic) bond motifs is 1. The number of ether oxygens (including phenoxy) is 2. The number of rotatable bonds is 3. The minimum absolute atomic E-state index is 0.0304. The summed E-state index contributed by atoms with van der Waals surface area (Å²) in [6.07, 6.45) is -5.06. The molecular formula is C19H17F4N5O3S.